The van der Waals surface area contributed by atoms with Crippen molar-refractivity contribution in [1.82, 2.24) is 0 Å². The smallest absolute Gasteiger partial charge is 0.0175 e. The van der Waals surface area contributed by atoms with E-state index in [0.717, 1.165) is 11.8 Å². The summed E-state index contributed by atoms with van der Waals surface area (Å²) in [4.78, 5) is 0. The molecule has 0 aromatic heterocycles. The van der Waals surface area contributed by atoms with E-state index < -0.39 is 0 Å². The van der Waals surface area contributed by atoms with Crippen LogP contribution in [0.3, 0.4) is 0 Å². The van der Waals surface area contributed by atoms with Crippen LogP contribution in [0.4, 0.5) is 0 Å². The minimum atomic E-state index is 0.786. The molecule has 0 amide bonds. The molecule has 1 saturated carbocycles. The Balaban J connectivity index is 1.93. The van der Waals surface area contributed by atoms with Crippen molar-refractivity contribution in [2.75, 3.05) is 0 Å². The first-order chi connectivity index (χ1) is 7.79. The van der Waals surface area contributed by atoms with Crippen LogP contribution in [-0.2, 0) is 0 Å². The van der Waals surface area contributed by atoms with E-state index in [4.69, 9.17) is 0 Å². The van der Waals surface area contributed by atoms with Gasteiger partial charge >= 0.3 is 0 Å². The van der Waals surface area contributed by atoms with Crippen molar-refractivity contribution < 1.29 is 0 Å². The molecule has 1 aliphatic carbocycles. The fraction of sp³-hybridized carbons (Fsp3) is 0.467. The fourth-order valence-corrected chi connectivity index (χ4v) is 2.97. The zero-order chi connectivity index (χ0) is 11.4. The summed E-state index contributed by atoms with van der Waals surface area (Å²) in [5.41, 5.74) is 1.51. The third-order valence-corrected chi connectivity index (χ3v) is 4.22. The third kappa shape index (κ3) is 2.98. The molecule has 0 spiro atoms. The Morgan fingerprint density at radius 2 is 1.75 bits per heavy atom. The number of halogens is 1. The van der Waals surface area contributed by atoms with E-state index in [1.807, 2.05) is 0 Å². The summed E-state index contributed by atoms with van der Waals surface area (Å²) in [6.45, 7) is 3.84. The van der Waals surface area contributed by atoms with Crippen LogP contribution in [0.2, 0.25) is 0 Å². The summed E-state index contributed by atoms with van der Waals surface area (Å²) in [5, 5.41) is 0. The van der Waals surface area contributed by atoms with Crippen LogP contribution in [0, 0.1) is 5.92 Å². The SMILES string of the molecule is C=CC[C@H]1CC[C@H](c2ccc(Br)cc2)CC1. The Hall–Kier alpha value is -0.560. The lowest BCUT2D eigenvalue weighted by molar-refractivity contribution is 0.328. The topological polar surface area (TPSA) is 0 Å². The van der Waals surface area contributed by atoms with Crippen molar-refractivity contribution in [3.8, 4) is 0 Å². The van der Waals surface area contributed by atoms with Gasteiger partial charge in [-0.15, -0.1) is 6.58 Å². The van der Waals surface area contributed by atoms with E-state index in [1.165, 1.54) is 42.1 Å². The highest BCUT2D eigenvalue weighted by Crippen LogP contribution is 2.37. The Kier molecular flexibility index (Phi) is 4.22. The minimum absolute atomic E-state index is 0.786. The highest BCUT2D eigenvalue weighted by atomic mass is 79.9. The normalized spacial score (nSPS) is 25.3. The number of hydrogen-bond donors (Lipinski definition) is 0. The number of rotatable bonds is 3. The molecule has 1 heteroatoms. The van der Waals surface area contributed by atoms with Gasteiger partial charge in [0.25, 0.3) is 0 Å². The second-order valence-electron chi connectivity index (χ2n) is 4.79. The standard InChI is InChI=1S/C15H19Br/c1-2-3-12-4-6-13(7-5-12)14-8-10-15(16)11-9-14/h2,8-13H,1,3-7H2/t12-,13-. The van der Waals surface area contributed by atoms with Gasteiger partial charge in [0, 0.05) is 4.47 Å². The average Bonchev–Trinajstić information content (AvgIpc) is 2.32. The first kappa shape index (κ1) is 11.9. The third-order valence-electron chi connectivity index (χ3n) is 3.69. The molecule has 0 N–H and O–H groups in total. The highest BCUT2D eigenvalue weighted by Gasteiger charge is 2.21. The van der Waals surface area contributed by atoms with Gasteiger partial charge in [-0.25, -0.2) is 0 Å². The molecule has 1 aliphatic rings. The van der Waals surface area contributed by atoms with Crippen molar-refractivity contribution in [3.05, 3.63) is 47.0 Å². The Bertz CT molecular complexity index is 331. The highest BCUT2D eigenvalue weighted by molar-refractivity contribution is 9.10. The van der Waals surface area contributed by atoms with E-state index in [9.17, 15) is 0 Å². The Morgan fingerprint density at radius 1 is 1.12 bits per heavy atom. The Labute approximate surface area is 107 Å². The van der Waals surface area contributed by atoms with Crippen molar-refractivity contribution in [2.45, 2.75) is 38.0 Å². The van der Waals surface area contributed by atoms with Crippen molar-refractivity contribution >= 4 is 15.9 Å². The van der Waals surface area contributed by atoms with Crippen LogP contribution >= 0.6 is 15.9 Å². The second-order valence-corrected chi connectivity index (χ2v) is 5.71. The second kappa shape index (κ2) is 5.67. The lowest BCUT2D eigenvalue weighted by atomic mass is 9.78. The molecule has 0 radical (unpaired) electrons. The molecule has 0 bridgehead atoms. The fourth-order valence-electron chi connectivity index (χ4n) is 2.70. The van der Waals surface area contributed by atoms with E-state index in [1.54, 1.807) is 0 Å². The molecular weight excluding hydrogens is 260 g/mol. The average molecular weight is 279 g/mol. The van der Waals surface area contributed by atoms with Gasteiger partial charge in [0.15, 0.2) is 0 Å². The van der Waals surface area contributed by atoms with Gasteiger partial charge in [-0.05, 0) is 61.6 Å². The first-order valence-electron chi connectivity index (χ1n) is 6.16. The molecule has 0 atom stereocenters. The van der Waals surface area contributed by atoms with Gasteiger partial charge in [0.2, 0.25) is 0 Å². The molecule has 2 rings (SSSR count). The summed E-state index contributed by atoms with van der Waals surface area (Å²) in [7, 11) is 0. The summed E-state index contributed by atoms with van der Waals surface area (Å²) in [6.07, 6.45) is 8.71. The van der Waals surface area contributed by atoms with Gasteiger partial charge in [-0.2, -0.15) is 0 Å². The summed E-state index contributed by atoms with van der Waals surface area (Å²) >= 11 is 3.49. The number of benzene rings is 1. The van der Waals surface area contributed by atoms with Crippen LogP contribution in [0.25, 0.3) is 0 Å². The van der Waals surface area contributed by atoms with Crippen LogP contribution in [0.15, 0.2) is 41.4 Å². The predicted octanol–water partition coefficient (Wildman–Crippen LogP) is 5.30. The molecule has 1 aromatic rings. The van der Waals surface area contributed by atoms with Crippen LogP contribution in [0.1, 0.15) is 43.6 Å². The summed E-state index contributed by atoms with van der Waals surface area (Å²) < 4.78 is 1.18. The molecule has 0 nitrogen and oxygen atoms in total. The molecule has 16 heavy (non-hydrogen) atoms. The largest absolute Gasteiger partial charge is 0.103 e. The summed E-state index contributed by atoms with van der Waals surface area (Å²) in [6, 6.07) is 8.85. The molecule has 1 fully saturated rings. The van der Waals surface area contributed by atoms with Gasteiger partial charge < -0.3 is 0 Å². The van der Waals surface area contributed by atoms with Gasteiger partial charge in [-0.3, -0.25) is 0 Å². The molecule has 0 heterocycles. The van der Waals surface area contributed by atoms with Crippen LogP contribution in [0.5, 0.6) is 0 Å². The maximum atomic E-state index is 3.84. The molecule has 0 aliphatic heterocycles. The van der Waals surface area contributed by atoms with Gasteiger partial charge in [-0.1, -0.05) is 34.1 Å². The lowest BCUT2D eigenvalue weighted by Crippen LogP contribution is -2.12. The zero-order valence-electron chi connectivity index (χ0n) is 9.66. The van der Waals surface area contributed by atoms with Crippen LogP contribution < -0.4 is 0 Å². The maximum absolute atomic E-state index is 3.84. The Morgan fingerprint density at radius 3 is 2.31 bits per heavy atom. The number of hydrogen-bond acceptors (Lipinski definition) is 0. The molecule has 0 unspecified atom stereocenters. The quantitative estimate of drug-likeness (QED) is 0.659. The maximum Gasteiger partial charge on any atom is 0.0175 e. The van der Waals surface area contributed by atoms with Gasteiger partial charge in [0.1, 0.15) is 0 Å². The lowest BCUT2D eigenvalue weighted by Gasteiger charge is -2.28. The molecular formula is C15H19Br. The van der Waals surface area contributed by atoms with E-state index in [0.29, 0.717) is 0 Å². The van der Waals surface area contributed by atoms with Gasteiger partial charge in [0.05, 0.1) is 0 Å². The molecule has 1 aromatic carbocycles. The monoisotopic (exact) mass is 278 g/mol. The first-order valence-corrected chi connectivity index (χ1v) is 6.95. The van der Waals surface area contributed by atoms with E-state index in [2.05, 4.69) is 52.9 Å². The summed E-state index contributed by atoms with van der Waals surface area (Å²) in [5.74, 6) is 1.68. The zero-order valence-corrected chi connectivity index (χ0v) is 11.2. The predicted molar refractivity (Wildman–Crippen MR) is 73.7 cm³/mol. The van der Waals surface area contributed by atoms with Crippen molar-refractivity contribution in [2.24, 2.45) is 5.92 Å². The van der Waals surface area contributed by atoms with Crippen LogP contribution in [-0.4, -0.2) is 0 Å². The molecule has 86 valence electrons. The minimum Gasteiger partial charge on any atom is -0.103 e. The van der Waals surface area contributed by atoms with Crippen molar-refractivity contribution in [3.63, 3.8) is 0 Å². The molecule has 0 saturated heterocycles. The number of allylic oxidation sites excluding steroid dienone is 1. The van der Waals surface area contributed by atoms with Crippen molar-refractivity contribution in [1.29, 1.82) is 0 Å². The van der Waals surface area contributed by atoms with E-state index in [-0.39, 0.29) is 0 Å². The van der Waals surface area contributed by atoms with E-state index >= 15 is 0 Å².